The zero-order chi connectivity index (χ0) is 26.9. The number of carbonyl (C=O) groups is 3. The van der Waals surface area contributed by atoms with E-state index in [1.807, 2.05) is 48.5 Å². The molecule has 1 aliphatic heterocycles. The summed E-state index contributed by atoms with van der Waals surface area (Å²) in [6, 6.07) is 25.4. The van der Waals surface area contributed by atoms with E-state index in [9.17, 15) is 24.8 Å². The Hall–Kier alpha value is -4.84. The highest BCUT2D eigenvalue weighted by atomic mass is 16.5. The second-order valence-electron chi connectivity index (χ2n) is 8.85. The fourth-order valence-corrected chi connectivity index (χ4v) is 4.39. The van der Waals surface area contributed by atoms with Crippen LogP contribution >= 0.6 is 0 Å². The van der Waals surface area contributed by atoms with Crippen LogP contribution in [0.1, 0.15) is 36.4 Å². The summed E-state index contributed by atoms with van der Waals surface area (Å²) in [4.78, 5) is 38.5. The predicted octanol–water partition coefficient (Wildman–Crippen LogP) is 4.68. The van der Waals surface area contributed by atoms with Gasteiger partial charge in [0.05, 0.1) is 6.07 Å². The van der Waals surface area contributed by atoms with Crippen molar-refractivity contribution in [3.8, 4) is 17.6 Å². The van der Waals surface area contributed by atoms with E-state index < -0.39 is 30.0 Å². The van der Waals surface area contributed by atoms with Crippen molar-refractivity contribution in [1.29, 1.82) is 5.26 Å². The predicted molar refractivity (Wildman–Crippen MR) is 139 cm³/mol. The van der Waals surface area contributed by atoms with Crippen LogP contribution in [-0.4, -0.2) is 45.6 Å². The number of nitrogens with zero attached hydrogens (tertiary/aromatic N) is 3. The Morgan fingerprint density at radius 1 is 1.00 bits per heavy atom. The van der Waals surface area contributed by atoms with E-state index in [1.165, 1.54) is 0 Å². The number of aryl methyl sites for hydroxylation is 1. The van der Waals surface area contributed by atoms with Gasteiger partial charge in [0.25, 0.3) is 0 Å². The number of hydrazine groups is 1. The first-order valence-electron chi connectivity index (χ1n) is 12.4. The molecule has 0 aromatic heterocycles. The maximum absolute atomic E-state index is 13.4. The first-order chi connectivity index (χ1) is 18.5. The van der Waals surface area contributed by atoms with Crippen LogP contribution in [0.2, 0.25) is 0 Å². The molecule has 0 saturated carbocycles. The van der Waals surface area contributed by atoms with Gasteiger partial charge in [-0.3, -0.25) is 9.59 Å². The minimum absolute atomic E-state index is 0.0398. The normalized spacial score (nSPS) is 15.7. The molecule has 3 amide bonds. The number of carboxylic acid groups (broad SMARTS) is 1. The number of ether oxygens (including phenoxy) is 1. The average Bonchev–Trinajstić information content (AvgIpc) is 2.95. The van der Waals surface area contributed by atoms with Crippen LogP contribution in [0.3, 0.4) is 0 Å². The Bertz CT molecular complexity index is 1310. The first kappa shape index (κ1) is 26.2. The van der Waals surface area contributed by atoms with Gasteiger partial charge in [-0.15, -0.1) is 0 Å². The summed E-state index contributed by atoms with van der Waals surface area (Å²) in [5, 5.41) is 24.2. The number of rotatable bonds is 8. The Morgan fingerprint density at radius 3 is 2.37 bits per heavy atom. The quantitative estimate of drug-likeness (QED) is 0.452. The van der Waals surface area contributed by atoms with Crippen molar-refractivity contribution < 1.29 is 24.2 Å². The SMILES string of the molecule is N#CC(NC(=O)[C@@H]1CCCN(C(=O)O)N1C(=O)CCc1ccccc1)c1cccc(Oc2ccccc2)c1. The standard InChI is InChI=1S/C29H28N4O5/c30-20-25(22-11-7-14-24(19-22)38-23-12-5-2-6-13-23)31-28(35)26-15-8-18-32(29(36)37)33(26)27(34)17-16-21-9-3-1-4-10-21/h1-7,9-14,19,25-26H,8,15-18H2,(H,31,35)(H,36,37)/t25?,26-/m0/s1. The van der Waals surface area contributed by atoms with Crippen LogP contribution in [0.25, 0.3) is 0 Å². The van der Waals surface area contributed by atoms with E-state index >= 15 is 0 Å². The van der Waals surface area contributed by atoms with E-state index in [-0.39, 0.29) is 19.4 Å². The number of nitrogens with one attached hydrogen (secondary N) is 1. The van der Waals surface area contributed by atoms with Gasteiger partial charge in [0, 0.05) is 13.0 Å². The number of nitriles is 1. The zero-order valence-corrected chi connectivity index (χ0v) is 20.7. The molecule has 194 valence electrons. The highest BCUT2D eigenvalue weighted by molar-refractivity contribution is 5.89. The van der Waals surface area contributed by atoms with Crippen molar-refractivity contribution in [3.05, 3.63) is 96.1 Å². The molecule has 2 atom stereocenters. The fourth-order valence-electron chi connectivity index (χ4n) is 4.39. The van der Waals surface area contributed by atoms with E-state index in [2.05, 4.69) is 11.4 Å². The Morgan fingerprint density at radius 2 is 1.68 bits per heavy atom. The summed E-state index contributed by atoms with van der Waals surface area (Å²) in [6.07, 6.45) is -0.171. The summed E-state index contributed by atoms with van der Waals surface area (Å²) in [5.41, 5.74) is 1.44. The van der Waals surface area contributed by atoms with Crippen LogP contribution in [0.15, 0.2) is 84.9 Å². The summed E-state index contributed by atoms with van der Waals surface area (Å²) in [6.45, 7) is 0.108. The average molecular weight is 513 g/mol. The molecule has 9 heteroatoms. The Labute approximate surface area is 220 Å². The second kappa shape index (κ2) is 12.4. The molecule has 3 aromatic carbocycles. The van der Waals surface area contributed by atoms with Gasteiger partial charge >= 0.3 is 6.09 Å². The van der Waals surface area contributed by atoms with Gasteiger partial charge in [-0.1, -0.05) is 60.7 Å². The van der Waals surface area contributed by atoms with Gasteiger partial charge in [-0.25, -0.2) is 14.8 Å². The highest BCUT2D eigenvalue weighted by Gasteiger charge is 2.40. The summed E-state index contributed by atoms with van der Waals surface area (Å²) >= 11 is 0. The Balaban J connectivity index is 1.49. The lowest BCUT2D eigenvalue weighted by Crippen LogP contribution is -2.61. The molecular weight excluding hydrogens is 484 g/mol. The smallest absolute Gasteiger partial charge is 0.426 e. The van der Waals surface area contributed by atoms with Crippen molar-refractivity contribution in [2.45, 2.75) is 37.8 Å². The third-order valence-electron chi connectivity index (χ3n) is 6.24. The number of amides is 3. The monoisotopic (exact) mass is 512 g/mol. The number of benzene rings is 3. The molecular formula is C29H28N4O5. The molecule has 38 heavy (non-hydrogen) atoms. The number of carbonyl (C=O) groups excluding carboxylic acids is 2. The topological polar surface area (TPSA) is 123 Å². The molecule has 0 spiro atoms. The van der Waals surface area contributed by atoms with Gasteiger partial charge in [0.1, 0.15) is 23.6 Å². The summed E-state index contributed by atoms with van der Waals surface area (Å²) in [7, 11) is 0. The van der Waals surface area contributed by atoms with E-state index in [1.54, 1.807) is 36.4 Å². The van der Waals surface area contributed by atoms with Crippen LogP contribution in [0.5, 0.6) is 11.5 Å². The Kier molecular flexibility index (Phi) is 8.57. The molecule has 9 nitrogen and oxygen atoms in total. The molecule has 0 aliphatic carbocycles. The molecule has 4 rings (SSSR count). The van der Waals surface area contributed by atoms with Gasteiger partial charge < -0.3 is 15.2 Å². The number of hydrogen-bond donors (Lipinski definition) is 2. The van der Waals surface area contributed by atoms with Crippen molar-refractivity contribution in [1.82, 2.24) is 15.3 Å². The third kappa shape index (κ3) is 6.48. The molecule has 0 radical (unpaired) electrons. The van der Waals surface area contributed by atoms with E-state index in [0.717, 1.165) is 15.6 Å². The third-order valence-corrected chi connectivity index (χ3v) is 6.24. The molecule has 1 heterocycles. The minimum atomic E-state index is -1.31. The van der Waals surface area contributed by atoms with Gasteiger partial charge in [0.2, 0.25) is 11.8 Å². The van der Waals surface area contributed by atoms with Crippen LogP contribution in [0, 0.1) is 11.3 Å². The molecule has 2 N–H and O–H groups in total. The molecule has 1 saturated heterocycles. The maximum Gasteiger partial charge on any atom is 0.426 e. The largest absolute Gasteiger partial charge is 0.464 e. The maximum atomic E-state index is 13.4. The van der Waals surface area contributed by atoms with Gasteiger partial charge in [0.15, 0.2) is 0 Å². The molecule has 1 aliphatic rings. The number of para-hydroxylation sites is 1. The van der Waals surface area contributed by atoms with Gasteiger partial charge in [-0.05, 0) is 54.7 Å². The summed E-state index contributed by atoms with van der Waals surface area (Å²) < 4.78 is 5.84. The molecule has 0 bridgehead atoms. The van der Waals surface area contributed by atoms with Crippen molar-refractivity contribution in [3.63, 3.8) is 0 Å². The van der Waals surface area contributed by atoms with Crippen LogP contribution < -0.4 is 10.1 Å². The van der Waals surface area contributed by atoms with Crippen molar-refractivity contribution in [2.75, 3.05) is 6.54 Å². The highest BCUT2D eigenvalue weighted by Crippen LogP contribution is 2.26. The minimum Gasteiger partial charge on any atom is -0.464 e. The lowest BCUT2D eigenvalue weighted by atomic mass is 10.0. The van der Waals surface area contributed by atoms with Crippen molar-refractivity contribution >= 4 is 17.9 Å². The van der Waals surface area contributed by atoms with Crippen LogP contribution in [0.4, 0.5) is 4.79 Å². The van der Waals surface area contributed by atoms with E-state index in [4.69, 9.17) is 4.74 Å². The molecule has 1 unspecified atom stereocenters. The lowest BCUT2D eigenvalue weighted by Gasteiger charge is -2.41. The summed E-state index contributed by atoms with van der Waals surface area (Å²) in [5.74, 6) is 0.0614. The number of hydrogen-bond acceptors (Lipinski definition) is 5. The molecule has 3 aromatic rings. The van der Waals surface area contributed by atoms with E-state index in [0.29, 0.717) is 29.9 Å². The second-order valence-corrected chi connectivity index (χ2v) is 8.85. The lowest BCUT2D eigenvalue weighted by molar-refractivity contribution is -0.162. The van der Waals surface area contributed by atoms with Crippen molar-refractivity contribution in [2.24, 2.45) is 0 Å². The van der Waals surface area contributed by atoms with Gasteiger partial charge in [-0.2, -0.15) is 5.26 Å². The fraction of sp³-hybridized carbons (Fsp3) is 0.241. The zero-order valence-electron chi connectivity index (χ0n) is 20.7. The first-order valence-corrected chi connectivity index (χ1v) is 12.4. The molecule has 1 fully saturated rings. The van der Waals surface area contributed by atoms with Crippen LogP contribution in [-0.2, 0) is 16.0 Å².